The molecule has 1 fully saturated rings. The maximum atomic E-state index is 11.9. The van der Waals surface area contributed by atoms with E-state index in [2.05, 4.69) is 23.3 Å². The number of nitrogens with one attached hydrogen (secondary N) is 1. The van der Waals surface area contributed by atoms with E-state index >= 15 is 0 Å². The first-order valence-electron chi connectivity index (χ1n) is 6.50. The summed E-state index contributed by atoms with van der Waals surface area (Å²) in [4.78, 5) is 17.6. The smallest absolute Gasteiger partial charge is 0.226 e. The lowest BCUT2D eigenvalue weighted by Crippen LogP contribution is -2.35. The van der Waals surface area contributed by atoms with Gasteiger partial charge in [0.15, 0.2) is 0 Å². The van der Waals surface area contributed by atoms with Gasteiger partial charge >= 0.3 is 0 Å². The zero-order valence-electron chi connectivity index (χ0n) is 10.8. The van der Waals surface area contributed by atoms with Crippen LogP contribution in [0.25, 0.3) is 9.88 Å². The van der Waals surface area contributed by atoms with Gasteiger partial charge in [-0.1, -0.05) is 6.07 Å². The molecule has 1 aliphatic carbocycles. The van der Waals surface area contributed by atoms with E-state index in [1.165, 1.54) is 17.7 Å². The van der Waals surface area contributed by atoms with Crippen LogP contribution in [0, 0.1) is 5.92 Å². The summed E-state index contributed by atoms with van der Waals surface area (Å²) in [6.45, 7) is 2.09. The minimum absolute atomic E-state index is 0.0856. The number of carbonyl (C=O) groups excluding carboxylic acids is 1. The van der Waals surface area contributed by atoms with Crippen LogP contribution in [0.2, 0.25) is 0 Å². The summed E-state index contributed by atoms with van der Waals surface area (Å²) in [7, 11) is 0. The van der Waals surface area contributed by atoms with Gasteiger partial charge in [0.05, 0.1) is 17.0 Å². The molecule has 3 rings (SSSR count). The number of hydrogen-bond donors (Lipinski definition) is 1. The number of rotatable bonds is 5. The zero-order valence-corrected chi connectivity index (χ0v) is 12.4. The molecule has 0 spiro atoms. The molecule has 1 N–H and O–H groups in total. The second-order valence-electron chi connectivity index (χ2n) is 4.99. The van der Waals surface area contributed by atoms with Crippen molar-refractivity contribution in [1.29, 1.82) is 0 Å². The number of carbonyl (C=O) groups is 1. The van der Waals surface area contributed by atoms with Crippen LogP contribution in [-0.4, -0.2) is 16.9 Å². The third kappa shape index (κ3) is 3.22. The van der Waals surface area contributed by atoms with E-state index in [-0.39, 0.29) is 5.91 Å². The highest BCUT2D eigenvalue weighted by atomic mass is 32.1. The molecule has 0 aromatic carbocycles. The second kappa shape index (κ2) is 5.43. The Morgan fingerprint density at radius 3 is 3.05 bits per heavy atom. The molecule has 2 heterocycles. The second-order valence-corrected chi connectivity index (χ2v) is 6.80. The molecule has 0 unspecified atom stereocenters. The molecule has 0 aliphatic heterocycles. The minimum Gasteiger partial charge on any atom is -0.353 e. The van der Waals surface area contributed by atoms with Gasteiger partial charge in [-0.05, 0) is 37.1 Å². The average Bonchev–Trinajstić information content (AvgIpc) is 2.89. The van der Waals surface area contributed by atoms with Crippen molar-refractivity contribution in [1.82, 2.24) is 10.3 Å². The predicted molar refractivity (Wildman–Crippen MR) is 79.5 cm³/mol. The predicted octanol–water partition coefficient (Wildman–Crippen LogP) is 3.33. The number of thiophene rings is 1. The molecule has 2 aromatic heterocycles. The van der Waals surface area contributed by atoms with Crippen molar-refractivity contribution in [2.24, 2.45) is 5.92 Å². The van der Waals surface area contributed by atoms with Crippen molar-refractivity contribution < 1.29 is 4.79 Å². The number of hydrogen-bond acceptors (Lipinski definition) is 4. The van der Waals surface area contributed by atoms with Gasteiger partial charge in [0.1, 0.15) is 5.01 Å². The van der Waals surface area contributed by atoms with Crippen molar-refractivity contribution in [2.75, 3.05) is 0 Å². The molecule has 0 bridgehead atoms. The fraction of sp³-hybridized carbons (Fsp3) is 0.429. The van der Waals surface area contributed by atoms with Gasteiger partial charge in [-0.15, -0.1) is 22.7 Å². The van der Waals surface area contributed by atoms with E-state index in [9.17, 15) is 4.79 Å². The molecule has 2 aromatic rings. The minimum atomic E-state index is 0.0856. The first-order valence-corrected chi connectivity index (χ1v) is 8.26. The normalized spacial score (nSPS) is 16.3. The lowest BCUT2D eigenvalue weighted by molar-refractivity contribution is -0.121. The SMILES string of the molecule is C[C@H](NC(=O)Cc1csc(-c2cccs2)n1)C1CC1. The quantitative estimate of drug-likeness (QED) is 0.918. The monoisotopic (exact) mass is 292 g/mol. The molecule has 1 atom stereocenters. The summed E-state index contributed by atoms with van der Waals surface area (Å²) >= 11 is 3.28. The Bertz CT molecular complexity index is 558. The molecular weight excluding hydrogens is 276 g/mol. The highest BCUT2D eigenvalue weighted by molar-refractivity contribution is 7.20. The Kier molecular flexibility index (Phi) is 3.66. The number of aromatic nitrogens is 1. The Morgan fingerprint density at radius 2 is 2.37 bits per heavy atom. The van der Waals surface area contributed by atoms with Gasteiger partial charge in [-0.2, -0.15) is 0 Å². The van der Waals surface area contributed by atoms with Gasteiger partial charge in [0, 0.05) is 11.4 Å². The van der Waals surface area contributed by atoms with Crippen molar-refractivity contribution in [3.05, 3.63) is 28.6 Å². The summed E-state index contributed by atoms with van der Waals surface area (Å²) in [5.41, 5.74) is 0.869. The summed E-state index contributed by atoms with van der Waals surface area (Å²) in [6, 6.07) is 4.39. The largest absolute Gasteiger partial charge is 0.353 e. The van der Waals surface area contributed by atoms with E-state index in [1.807, 2.05) is 16.8 Å². The van der Waals surface area contributed by atoms with Gasteiger partial charge in [-0.3, -0.25) is 4.79 Å². The van der Waals surface area contributed by atoms with Crippen molar-refractivity contribution in [3.8, 4) is 9.88 Å². The van der Waals surface area contributed by atoms with E-state index in [4.69, 9.17) is 0 Å². The molecular formula is C14H16N2OS2. The first kappa shape index (κ1) is 12.8. The van der Waals surface area contributed by atoms with Crippen LogP contribution in [0.3, 0.4) is 0 Å². The number of thiazole rings is 1. The van der Waals surface area contributed by atoms with Crippen molar-refractivity contribution in [3.63, 3.8) is 0 Å². The Hall–Kier alpha value is -1.20. The van der Waals surface area contributed by atoms with Gasteiger partial charge in [-0.25, -0.2) is 4.98 Å². The van der Waals surface area contributed by atoms with Crippen molar-refractivity contribution >= 4 is 28.6 Å². The summed E-state index contributed by atoms with van der Waals surface area (Å²) < 4.78 is 0. The van der Waals surface area contributed by atoms with Crippen LogP contribution in [0.1, 0.15) is 25.5 Å². The topological polar surface area (TPSA) is 42.0 Å². The Balaban J connectivity index is 1.59. The fourth-order valence-electron chi connectivity index (χ4n) is 2.09. The highest BCUT2D eigenvalue weighted by Gasteiger charge is 2.28. The lowest BCUT2D eigenvalue weighted by atomic mass is 10.2. The van der Waals surface area contributed by atoms with Crippen LogP contribution < -0.4 is 5.32 Å². The molecule has 1 saturated carbocycles. The summed E-state index contributed by atoms with van der Waals surface area (Å²) in [6.07, 6.45) is 2.89. The van der Waals surface area contributed by atoms with Crippen LogP contribution in [0.5, 0.6) is 0 Å². The molecule has 3 nitrogen and oxygen atoms in total. The van der Waals surface area contributed by atoms with Crippen LogP contribution in [0.4, 0.5) is 0 Å². The molecule has 0 radical (unpaired) electrons. The summed E-state index contributed by atoms with van der Waals surface area (Å²) in [5, 5.41) is 8.09. The third-order valence-corrected chi connectivity index (χ3v) is 5.27. The molecule has 100 valence electrons. The van der Waals surface area contributed by atoms with Crippen LogP contribution in [0.15, 0.2) is 22.9 Å². The number of amides is 1. The Labute approximate surface area is 120 Å². The molecule has 1 amide bonds. The highest BCUT2D eigenvalue weighted by Crippen LogP contribution is 2.32. The van der Waals surface area contributed by atoms with E-state index < -0.39 is 0 Å². The fourth-order valence-corrected chi connectivity index (χ4v) is 3.72. The first-order chi connectivity index (χ1) is 9.22. The lowest BCUT2D eigenvalue weighted by Gasteiger charge is -2.11. The standard InChI is InChI=1S/C14H16N2OS2/c1-9(10-4-5-10)15-13(17)7-11-8-19-14(16-11)12-3-2-6-18-12/h2-3,6,8-10H,4-5,7H2,1H3,(H,15,17)/t9-/m0/s1. The zero-order chi connectivity index (χ0) is 13.2. The van der Waals surface area contributed by atoms with Gasteiger partial charge < -0.3 is 5.32 Å². The molecule has 5 heteroatoms. The number of nitrogens with zero attached hydrogens (tertiary/aromatic N) is 1. The molecule has 19 heavy (non-hydrogen) atoms. The van der Waals surface area contributed by atoms with Gasteiger partial charge in [0.25, 0.3) is 0 Å². The summed E-state index contributed by atoms with van der Waals surface area (Å²) in [5.74, 6) is 0.781. The van der Waals surface area contributed by atoms with E-state index in [0.717, 1.165) is 10.7 Å². The van der Waals surface area contributed by atoms with Gasteiger partial charge in [0.2, 0.25) is 5.91 Å². The molecule has 1 aliphatic rings. The van der Waals surface area contributed by atoms with E-state index in [1.54, 1.807) is 22.7 Å². The maximum Gasteiger partial charge on any atom is 0.226 e. The average molecular weight is 292 g/mol. The third-order valence-electron chi connectivity index (χ3n) is 3.34. The van der Waals surface area contributed by atoms with Crippen LogP contribution >= 0.6 is 22.7 Å². The van der Waals surface area contributed by atoms with Crippen molar-refractivity contribution in [2.45, 2.75) is 32.2 Å². The molecule has 0 saturated heterocycles. The van der Waals surface area contributed by atoms with Crippen LogP contribution in [-0.2, 0) is 11.2 Å². The maximum absolute atomic E-state index is 11.9. The Morgan fingerprint density at radius 1 is 1.53 bits per heavy atom. The van der Waals surface area contributed by atoms with E-state index in [0.29, 0.717) is 18.4 Å².